The van der Waals surface area contributed by atoms with Crippen molar-refractivity contribution < 1.29 is 9.53 Å². The van der Waals surface area contributed by atoms with Crippen LogP contribution in [0.4, 0.5) is 5.69 Å². The maximum atomic E-state index is 12.2. The zero-order chi connectivity index (χ0) is 15.2. The van der Waals surface area contributed by atoms with Crippen molar-refractivity contribution in [1.82, 2.24) is 0 Å². The third-order valence-corrected chi connectivity index (χ3v) is 3.00. The third kappa shape index (κ3) is 4.80. The Bertz CT molecular complexity index is 626. The predicted molar refractivity (Wildman–Crippen MR) is 86.2 cm³/mol. The molecule has 0 aliphatic carbocycles. The molecular weight excluding hydrogens is 286 g/mol. The van der Waals surface area contributed by atoms with Gasteiger partial charge in [-0.05, 0) is 42.3 Å². The first-order valence-electron chi connectivity index (χ1n) is 6.84. The summed E-state index contributed by atoms with van der Waals surface area (Å²) < 4.78 is 5.63. The minimum Gasteiger partial charge on any atom is -0.493 e. The van der Waals surface area contributed by atoms with Crippen LogP contribution in [0.1, 0.15) is 24.2 Å². The number of anilines is 1. The van der Waals surface area contributed by atoms with Crippen LogP contribution in [-0.4, -0.2) is 12.5 Å². The first-order valence-corrected chi connectivity index (χ1v) is 7.22. The Balaban J connectivity index is 2.07. The van der Waals surface area contributed by atoms with Gasteiger partial charge in [-0.25, -0.2) is 0 Å². The van der Waals surface area contributed by atoms with Crippen LogP contribution in [0, 0.1) is 5.92 Å². The molecule has 0 heterocycles. The number of halogens is 1. The second-order valence-corrected chi connectivity index (χ2v) is 5.63. The molecule has 4 heteroatoms. The number of carbonyl (C=O) groups is 1. The van der Waals surface area contributed by atoms with Gasteiger partial charge in [0, 0.05) is 16.3 Å². The summed E-state index contributed by atoms with van der Waals surface area (Å²) in [6.45, 7) is 4.78. The minimum atomic E-state index is -0.188. The molecular formula is C17H18ClNO2. The van der Waals surface area contributed by atoms with E-state index < -0.39 is 0 Å². The summed E-state index contributed by atoms with van der Waals surface area (Å²) in [6.07, 6.45) is 0. The van der Waals surface area contributed by atoms with E-state index in [0.29, 0.717) is 34.5 Å². The van der Waals surface area contributed by atoms with Gasteiger partial charge < -0.3 is 10.1 Å². The van der Waals surface area contributed by atoms with E-state index in [1.807, 2.05) is 12.1 Å². The van der Waals surface area contributed by atoms with Gasteiger partial charge in [0.1, 0.15) is 5.75 Å². The lowest BCUT2D eigenvalue weighted by Gasteiger charge is -2.10. The lowest BCUT2D eigenvalue weighted by molar-refractivity contribution is 0.102. The molecule has 21 heavy (non-hydrogen) atoms. The van der Waals surface area contributed by atoms with E-state index in [1.54, 1.807) is 36.4 Å². The summed E-state index contributed by atoms with van der Waals surface area (Å²) in [6, 6.07) is 14.2. The van der Waals surface area contributed by atoms with Crippen molar-refractivity contribution in [3.63, 3.8) is 0 Å². The lowest BCUT2D eigenvalue weighted by Crippen LogP contribution is -2.12. The molecule has 3 nitrogen and oxygen atoms in total. The van der Waals surface area contributed by atoms with Gasteiger partial charge in [-0.15, -0.1) is 0 Å². The first kappa shape index (κ1) is 15.4. The third-order valence-electron chi connectivity index (χ3n) is 2.76. The molecule has 0 saturated carbocycles. The second-order valence-electron chi connectivity index (χ2n) is 5.20. The molecule has 2 aromatic carbocycles. The number of hydrogen-bond acceptors (Lipinski definition) is 2. The SMILES string of the molecule is CC(C)COc1cccc(C(=O)Nc2cccc(Cl)c2)c1. The summed E-state index contributed by atoms with van der Waals surface area (Å²) >= 11 is 5.90. The first-order chi connectivity index (χ1) is 10.0. The standard InChI is InChI=1S/C17H18ClNO2/c1-12(2)11-21-16-8-3-5-13(9-16)17(20)19-15-7-4-6-14(18)10-15/h3-10,12H,11H2,1-2H3,(H,19,20). The fraction of sp³-hybridized carbons (Fsp3) is 0.235. The van der Waals surface area contributed by atoms with Crippen LogP contribution < -0.4 is 10.1 Å². The normalized spacial score (nSPS) is 10.5. The molecule has 0 unspecified atom stereocenters. The number of hydrogen-bond donors (Lipinski definition) is 1. The van der Waals surface area contributed by atoms with E-state index in [1.165, 1.54) is 0 Å². The minimum absolute atomic E-state index is 0.188. The summed E-state index contributed by atoms with van der Waals surface area (Å²) in [5.74, 6) is 0.948. The highest BCUT2D eigenvalue weighted by molar-refractivity contribution is 6.30. The molecule has 0 radical (unpaired) electrons. The van der Waals surface area contributed by atoms with Crippen molar-refractivity contribution in [2.24, 2.45) is 5.92 Å². The van der Waals surface area contributed by atoms with Crippen LogP contribution in [0.15, 0.2) is 48.5 Å². The average molecular weight is 304 g/mol. The second kappa shape index (κ2) is 7.14. The van der Waals surface area contributed by atoms with E-state index in [9.17, 15) is 4.79 Å². The summed E-state index contributed by atoms with van der Waals surface area (Å²) in [5, 5.41) is 3.40. The average Bonchev–Trinajstić information content (AvgIpc) is 2.45. The zero-order valence-corrected chi connectivity index (χ0v) is 12.9. The topological polar surface area (TPSA) is 38.3 Å². The molecule has 0 saturated heterocycles. The van der Waals surface area contributed by atoms with Crippen LogP contribution in [0.25, 0.3) is 0 Å². The van der Waals surface area contributed by atoms with Gasteiger partial charge in [-0.2, -0.15) is 0 Å². The molecule has 1 amide bonds. The Morgan fingerprint density at radius 3 is 2.67 bits per heavy atom. The van der Waals surface area contributed by atoms with Crippen molar-refractivity contribution >= 4 is 23.2 Å². The number of amides is 1. The van der Waals surface area contributed by atoms with E-state index in [-0.39, 0.29) is 5.91 Å². The number of rotatable bonds is 5. The highest BCUT2D eigenvalue weighted by Gasteiger charge is 2.08. The lowest BCUT2D eigenvalue weighted by atomic mass is 10.2. The highest BCUT2D eigenvalue weighted by Crippen LogP contribution is 2.18. The van der Waals surface area contributed by atoms with Crippen LogP contribution in [-0.2, 0) is 0 Å². The molecule has 0 fully saturated rings. The molecule has 2 aromatic rings. The number of carbonyl (C=O) groups excluding carboxylic acids is 1. The van der Waals surface area contributed by atoms with E-state index in [4.69, 9.17) is 16.3 Å². The van der Waals surface area contributed by atoms with Crippen molar-refractivity contribution in [3.8, 4) is 5.75 Å². The summed E-state index contributed by atoms with van der Waals surface area (Å²) in [7, 11) is 0. The van der Waals surface area contributed by atoms with Crippen molar-refractivity contribution in [2.75, 3.05) is 11.9 Å². The molecule has 0 spiro atoms. The van der Waals surface area contributed by atoms with Crippen molar-refractivity contribution in [3.05, 3.63) is 59.1 Å². The van der Waals surface area contributed by atoms with Gasteiger partial charge in [0.15, 0.2) is 0 Å². The van der Waals surface area contributed by atoms with Gasteiger partial charge >= 0.3 is 0 Å². The van der Waals surface area contributed by atoms with E-state index in [2.05, 4.69) is 19.2 Å². The smallest absolute Gasteiger partial charge is 0.255 e. The summed E-state index contributed by atoms with van der Waals surface area (Å²) in [4.78, 5) is 12.2. The van der Waals surface area contributed by atoms with Crippen LogP contribution in [0.3, 0.4) is 0 Å². The summed E-state index contributed by atoms with van der Waals surface area (Å²) in [5.41, 5.74) is 1.22. The number of ether oxygens (including phenoxy) is 1. The van der Waals surface area contributed by atoms with Crippen LogP contribution in [0.2, 0.25) is 5.02 Å². The Hall–Kier alpha value is -2.00. The Labute approximate surface area is 129 Å². The van der Waals surface area contributed by atoms with Gasteiger partial charge in [-0.1, -0.05) is 37.6 Å². The van der Waals surface area contributed by atoms with Crippen molar-refractivity contribution in [1.29, 1.82) is 0 Å². The Morgan fingerprint density at radius 1 is 1.19 bits per heavy atom. The molecule has 1 N–H and O–H groups in total. The Morgan fingerprint density at radius 2 is 1.95 bits per heavy atom. The molecule has 110 valence electrons. The van der Waals surface area contributed by atoms with E-state index in [0.717, 1.165) is 0 Å². The molecule has 0 bridgehead atoms. The largest absolute Gasteiger partial charge is 0.493 e. The molecule has 0 aliphatic rings. The van der Waals surface area contributed by atoms with Gasteiger partial charge in [0.2, 0.25) is 0 Å². The quantitative estimate of drug-likeness (QED) is 0.874. The molecule has 0 aliphatic heterocycles. The van der Waals surface area contributed by atoms with Gasteiger partial charge in [-0.3, -0.25) is 4.79 Å². The van der Waals surface area contributed by atoms with Crippen LogP contribution in [0.5, 0.6) is 5.75 Å². The predicted octanol–water partition coefficient (Wildman–Crippen LogP) is 4.63. The van der Waals surface area contributed by atoms with Crippen molar-refractivity contribution in [2.45, 2.75) is 13.8 Å². The van der Waals surface area contributed by atoms with Gasteiger partial charge in [0.05, 0.1) is 6.61 Å². The fourth-order valence-corrected chi connectivity index (χ4v) is 1.95. The number of benzene rings is 2. The Kier molecular flexibility index (Phi) is 5.23. The molecule has 2 rings (SSSR count). The molecule has 0 aromatic heterocycles. The molecule has 0 atom stereocenters. The zero-order valence-electron chi connectivity index (χ0n) is 12.1. The highest BCUT2D eigenvalue weighted by atomic mass is 35.5. The van der Waals surface area contributed by atoms with Crippen LogP contribution >= 0.6 is 11.6 Å². The maximum absolute atomic E-state index is 12.2. The fourth-order valence-electron chi connectivity index (χ4n) is 1.76. The number of nitrogens with one attached hydrogen (secondary N) is 1. The monoisotopic (exact) mass is 303 g/mol. The van der Waals surface area contributed by atoms with E-state index >= 15 is 0 Å². The van der Waals surface area contributed by atoms with Gasteiger partial charge in [0.25, 0.3) is 5.91 Å². The maximum Gasteiger partial charge on any atom is 0.255 e.